The Hall–Kier alpha value is -0.570. The first-order valence-electron chi connectivity index (χ1n) is 6.22. The van der Waals surface area contributed by atoms with E-state index in [0.29, 0.717) is 34.7 Å². The van der Waals surface area contributed by atoms with E-state index in [1.165, 1.54) is 0 Å². The Balaban J connectivity index is 2.02. The lowest BCUT2D eigenvalue weighted by molar-refractivity contribution is -0.121. The molecule has 0 aromatic heterocycles. The van der Waals surface area contributed by atoms with Crippen LogP contribution in [-0.4, -0.2) is 23.8 Å². The van der Waals surface area contributed by atoms with Crippen molar-refractivity contribution in [2.24, 2.45) is 0 Å². The lowest BCUT2D eigenvalue weighted by atomic mass is 9.93. The Morgan fingerprint density at radius 1 is 1.22 bits per heavy atom. The van der Waals surface area contributed by atoms with Gasteiger partial charge in [-0.3, -0.25) is 9.69 Å². The van der Waals surface area contributed by atoms with Gasteiger partial charge in [0.25, 0.3) is 0 Å². The number of ketones is 1. The van der Waals surface area contributed by atoms with E-state index in [-0.39, 0.29) is 0 Å². The molecule has 1 aromatic carbocycles. The standard InChI is InChI=1S/C14H17Cl2NO/c1-17(10-5-7-11(18)8-6-10)9-12-13(15)3-2-4-14(12)16/h2-4,10H,5-9H2,1H3. The third-order valence-corrected chi connectivity index (χ3v) is 4.31. The molecule has 2 nitrogen and oxygen atoms in total. The van der Waals surface area contributed by atoms with Gasteiger partial charge in [0.2, 0.25) is 0 Å². The molecule has 18 heavy (non-hydrogen) atoms. The zero-order valence-corrected chi connectivity index (χ0v) is 12.0. The summed E-state index contributed by atoms with van der Waals surface area (Å²) in [4.78, 5) is 13.5. The first kappa shape index (κ1) is 13.9. The Morgan fingerprint density at radius 3 is 2.33 bits per heavy atom. The van der Waals surface area contributed by atoms with Gasteiger partial charge in [0, 0.05) is 41.0 Å². The van der Waals surface area contributed by atoms with Gasteiger partial charge in [-0.05, 0) is 32.0 Å². The summed E-state index contributed by atoms with van der Waals surface area (Å²) in [5.74, 6) is 0.385. The molecule has 4 heteroatoms. The van der Waals surface area contributed by atoms with Gasteiger partial charge in [-0.2, -0.15) is 0 Å². The molecule has 0 aliphatic heterocycles. The van der Waals surface area contributed by atoms with E-state index in [9.17, 15) is 4.79 Å². The molecule has 0 spiro atoms. The third kappa shape index (κ3) is 3.25. The second-order valence-electron chi connectivity index (χ2n) is 4.89. The molecule has 0 bridgehead atoms. The highest BCUT2D eigenvalue weighted by Crippen LogP contribution is 2.28. The van der Waals surface area contributed by atoms with Crippen molar-refractivity contribution in [2.75, 3.05) is 7.05 Å². The van der Waals surface area contributed by atoms with Crippen LogP contribution in [0.2, 0.25) is 10.0 Å². The van der Waals surface area contributed by atoms with E-state index in [2.05, 4.69) is 11.9 Å². The molecule has 1 fully saturated rings. The number of benzene rings is 1. The van der Waals surface area contributed by atoms with Crippen LogP contribution < -0.4 is 0 Å². The van der Waals surface area contributed by atoms with Crippen molar-refractivity contribution in [1.82, 2.24) is 4.90 Å². The maximum absolute atomic E-state index is 11.2. The SMILES string of the molecule is CN(Cc1c(Cl)cccc1Cl)C1CCC(=O)CC1. The molecule has 1 aromatic rings. The van der Waals surface area contributed by atoms with Crippen LogP contribution >= 0.6 is 23.2 Å². The van der Waals surface area contributed by atoms with Crippen LogP contribution in [0.5, 0.6) is 0 Å². The average Bonchev–Trinajstić information content (AvgIpc) is 2.34. The van der Waals surface area contributed by atoms with Crippen LogP contribution in [-0.2, 0) is 11.3 Å². The summed E-state index contributed by atoms with van der Waals surface area (Å²) in [5.41, 5.74) is 0.972. The molecule has 1 aliphatic rings. The normalized spacial score (nSPS) is 17.4. The number of Topliss-reactive ketones (excluding diaryl/α,β-unsaturated/α-hetero) is 1. The Labute approximate surface area is 118 Å². The first-order chi connectivity index (χ1) is 8.58. The summed E-state index contributed by atoms with van der Waals surface area (Å²) in [7, 11) is 2.07. The number of nitrogens with zero attached hydrogens (tertiary/aromatic N) is 1. The van der Waals surface area contributed by atoms with Gasteiger partial charge in [-0.15, -0.1) is 0 Å². The van der Waals surface area contributed by atoms with E-state index >= 15 is 0 Å². The Bertz CT molecular complexity index is 417. The van der Waals surface area contributed by atoms with Crippen molar-refractivity contribution >= 4 is 29.0 Å². The van der Waals surface area contributed by atoms with Crippen molar-refractivity contribution in [3.05, 3.63) is 33.8 Å². The number of halogens is 2. The number of carbonyl (C=O) groups is 1. The lowest BCUT2D eigenvalue weighted by Crippen LogP contribution is -2.34. The molecule has 0 radical (unpaired) electrons. The van der Waals surface area contributed by atoms with Crippen LogP contribution in [0.15, 0.2) is 18.2 Å². The summed E-state index contributed by atoms with van der Waals surface area (Å²) in [6, 6.07) is 6.03. The van der Waals surface area contributed by atoms with Crippen LogP contribution in [0.4, 0.5) is 0 Å². The second kappa shape index (κ2) is 6.05. The highest BCUT2D eigenvalue weighted by Gasteiger charge is 2.23. The average molecular weight is 286 g/mol. The monoisotopic (exact) mass is 285 g/mol. The molecular formula is C14H17Cl2NO. The predicted molar refractivity (Wildman–Crippen MR) is 75.2 cm³/mol. The molecule has 0 atom stereocenters. The van der Waals surface area contributed by atoms with E-state index in [1.807, 2.05) is 18.2 Å². The van der Waals surface area contributed by atoms with Crippen molar-refractivity contribution in [3.63, 3.8) is 0 Å². The van der Waals surface area contributed by atoms with Crippen molar-refractivity contribution in [3.8, 4) is 0 Å². The van der Waals surface area contributed by atoms with Gasteiger partial charge in [0.1, 0.15) is 5.78 Å². The van der Waals surface area contributed by atoms with Gasteiger partial charge in [-0.1, -0.05) is 29.3 Å². The summed E-state index contributed by atoms with van der Waals surface area (Å²) < 4.78 is 0. The quantitative estimate of drug-likeness (QED) is 0.839. The third-order valence-electron chi connectivity index (χ3n) is 3.61. The molecule has 0 saturated heterocycles. The Kier molecular flexibility index (Phi) is 4.66. The fraction of sp³-hybridized carbons (Fsp3) is 0.500. The number of carbonyl (C=O) groups excluding carboxylic acids is 1. The number of rotatable bonds is 3. The molecule has 1 aliphatic carbocycles. The minimum Gasteiger partial charge on any atom is -0.300 e. The smallest absolute Gasteiger partial charge is 0.133 e. The molecular weight excluding hydrogens is 269 g/mol. The zero-order chi connectivity index (χ0) is 13.1. The van der Waals surface area contributed by atoms with E-state index < -0.39 is 0 Å². The first-order valence-corrected chi connectivity index (χ1v) is 6.98. The second-order valence-corrected chi connectivity index (χ2v) is 5.70. The van der Waals surface area contributed by atoms with Gasteiger partial charge in [0.15, 0.2) is 0 Å². The molecule has 2 rings (SSSR count). The molecule has 1 saturated carbocycles. The van der Waals surface area contributed by atoms with Crippen LogP contribution in [0.25, 0.3) is 0 Å². The molecule has 0 unspecified atom stereocenters. The van der Waals surface area contributed by atoms with Crippen molar-refractivity contribution in [2.45, 2.75) is 38.3 Å². The highest BCUT2D eigenvalue weighted by molar-refractivity contribution is 6.35. The van der Waals surface area contributed by atoms with Gasteiger partial charge >= 0.3 is 0 Å². The van der Waals surface area contributed by atoms with E-state index in [1.54, 1.807) is 0 Å². The summed E-state index contributed by atoms with van der Waals surface area (Å²) in [5, 5.41) is 1.42. The topological polar surface area (TPSA) is 20.3 Å². The predicted octanol–water partition coefficient (Wildman–Crippen LogP) is 3.94. The maximum atomic E-state index is 11.2. The Morgan fingerprint density at radius 2 is 1.78 bits per heavy atom. The van der Waals surface area contributed by atoms with Crippen LogP contribution in [0, 0.1) is 0 Å². The fourth-order valence-corrected chi connectivity index (χ4v) is 2.94. The van der Waals surface area contributed by atoms with E-state index in [4.69, 9.17) is 23.2 Å². The molecule has 98 valence electrons. The summed E-state index contributed by atoms with van der Waals surface area (Å²) in [6.07, 6.45) is 3.28. The van der Waals surface area contributed by atoms with Crippen LogP contribution in [0.3, 0.4) is 0 Å². The molecule has 0 amide bonds. The number of hydrogen-bond acceptors (Lipinski definition) is 2. The molecule has 0 N–H and O–H groups in total. The van der Waals surface area contributed by atoms with Gasteiger partial charge in [-0.25, -0.2) is 0 Å². The van der Waals surface area contributed by atoms with Gasteiger partial charge in [0.05, 0.1) is 0 Å². The number of hydrogen-bond donors (Lipinski definition) is 0. The zero-order valence-electron chi connectivity index (χ0n) is 10.5. The lowest BCUT2D eigenvalue weighted by Gasteiger charge is -2.31. The van der Waals surface area contributed by atoms with E-state index in [0.717, 1.165) is 24.9 Å². The summed E-state index contributed by atoms with van der Waals surface area (Å²) >= 11 is 12.3. The summed E-state index contributed by atoms with van der Waals surface area (Å²) in [6.45, 7) is 0.733. The van der Waals surface area contributed by atoms with Crippen LogP contribution in [0.1, 0.15) is 31.2 Å². The van der Waals surface area contributed by atoms with Crippen molar-refractivity contribution in [1.29, 1.82) is 0 Å². The van der Waals surface area contributed by atoms with Crippen molar-refractivity contribution < 1.29 is 4.79 Å². The van der Waals surface area contributed by atoms with Gasteiger partial charge < -0.3 is 0 Å². The minimum atomic E-state index is 0.385. The minimum absolute atomic E-state index is 0.385. The fourth-order valence-electron chi connectivity index (χ4n) is 2.43. The highest BCUT2D eigenvalue weighted by atomic mass is 35.5. The largest absolute Gasteiger partial charge is 0.300 e. The molecule has 0 heterocycles. The maximum Gasteiger partial charge on any atom is 0.133 e.